The zero-order valence-corrected chi connectivity index (χ0v) is 19.3. The van der Waals surface area contributed by atoms with E-state index in [1.807, 2.05) is 12.2 Å². The van der Waals surface area contributed by atoms with Gasteiger partial charge in [-0.2, -0.15) is 21.9 Å². The molecule has 1 aliphatic heterocycles. The molecular weight excluding hydrogens is 459 g/mol. The normalized spacial score (nSPS) is 13.8. The Balaban J connectivity index is 1.84. The molecular formula is C21H24F3N5O3S. The number of amides is 1. The van der Waals surface area contributed by atoms with Gasteiger partial charge in [0.05, 0.1) is 35.1 Å². The topological polar surface area (TPSA) is 99.6 Å². The van der Waals surface area contributed by atoms with Crippen LogP contribution in [0.5, 0.6) is 5.75 Å². The number of carbonyl (C=O) groups is 1. The first-order chi connectivity index (χ1) is 15.5. The molecule has 1 aliphatic rings. The molecule has 2 heterocycles. The number of anilines is 3. The molecule has 2 aromatic rings. The predicted molar refractivity (Wildman–Crippen MR) is 120 cm³/mol. The highest BCUT2D eigenvalue weighted by molar-refractivity contribution is 6.99. The van der Waals surface area contributed by atoms with Crippen LogP contribution in [-0.2, 0) is 10.9 Å². The second kappa shape index (κ2) is 9.69. The number of phenols is 1. The number of rotatable bonds is 7. The van der Waals surface area contributed by atoms with Crippen LogP contribution in [0.3, 0.4) is 0 Å². The standard InChI is InChI=1S/C21H24F3N5O3S/c1-11(2)12-7-8-32-13(9-12)10-25-18-19(28-33-27-18)26-15-6-5-14(21(22,23)24)16(17(15)30)20(31)29(3)4/h5-7,9,11,30H,8,10H2,1-4H3,(H,25,27)(H,26,28). The minimum Gasteiger partial charge on any atom is -0.505 e. The third-order valence-electron chi connectivity index (χ3n) is 4.86. The average Bonchev–Trinajstić information content (AvgIpc) is 3.19. The molecule has 0 saturated carbocycles. The maximum absolute atomic E-state index is 13.4. The van der Waals surface area contributed by atoms with Crippen molar-refractivity contribution in [1.82, 2.24) is 13.6 Å². The molecule has 12 heteroatoms. The van der Waals surface area contributed by atoms with Crippen LogP contribution in [0, 0.1) is 5.92 Å². The number of hydrogen-bond acceptors (Lipinski definition) is 8. The number of hydrogen-bond donors (Lipinski definition) is 3. The highest BCUT2D eigenvalue weighted by Gasteiger charge is 2.38. The minimum absolute atomic E-state index is 0.109. The van der Waals surface area contributed by atoms with Crippen molar-refractivity contribution in [1.29, 1.82) is 0 Å². The van der Waals surface area contributed by atoms with E-state index >= 15 is 0 Å². The molecule has 1 aromatic heterocycles. The Morgan fingerprint density at radius 3 is 2.61 bits per heavy atom. The molecule has 8 nitrogen and oxygen atoms in total. The molecule has 0 spiro atoms. The maximum atomic E-state index is 13.4. The van der Waals surface area contributed by atoms with Crippen molar-refractivity contribution in [3.63, 3.8) is 0 Å². The molecule has 0 fully saturated rings. The van der Waals surface area contributed by atoms with E-state index in [0.29, 0.717) is 30.6 Å². The molecule has 0 unspecified atom stereocenters. The van der Waals surface area contributed by atoms with Gasteiger partial charge in [0.15, 0.2) is 17.4 Å². The number of benzene rings is 1. The first-order valence-electron chi connectivity index (χ1n) is 10.0. The van der Waals surface area contributed by atoms with Crippen LogP contribution in [0.4, 0.5) is 30.5 Å². The Morgan fingerprint density at radius 1 is 1.27 bits per heavy atom. The quantitative estimate of drug-likeness (QED) is 0.495. The number of alkyl halides is 3. The van der Waals surface area contributed by atoms with E-state index in [2.05, 4.69) is 33.2 Å². The van der Waals surface area contributed by atoms with Gasteiger partial charge in [-0.15, -0.1) is 0 Å². The third kappa shape index (κ3) is 5.56. The molecule has 178 valence electrons. The molecule has 33 heavy (non-hydrogen) atoms. The summed E-state index contributed by atoms with van der Waals surface area (Å²) in [6.07, 6.45) is -0.872. The largest absolute Gasteiger partial charge is 0.505 e. The lowest BCUT2D eigenvalue weighted by Gasteiger charge is -2.19. The van der Waals surface area contributed by atoms with E-state index in [1.54, 1.807) is 0 Å². The van der Waals surface area contributed by atoms with Crippen molar-refractivity contribution in [2.24, 2.45) is 5.92 Å². The summed E-state index contributed by atoms with van der Waals surface area (Å²) in [4.78, 5) is 13.3. The summed E-state index contributed by atoms with van der Waals surface area (Å²) in [7, 11) is 2.60. The number of ether oxygens (including phenoxy) is 1. The summed E-state index contributed by atoms with van der Waals surface area (Å²) in [5.74, 6) is -0.236. The van der Waals surface area contributed by atoms with Crippen LogP contribution in [-0.4, -0.2) is 51.9 Å². The minimum atomic E-state index is -4.82. The van der Waals surface area contributed by atoms with E-state index < -0.39 is 29.0 Å². The molecule has 0 saturated heterocycles. The van der Waals surface area contributed by atoms with Gasteiger partial charge in [-0.05, 0) is 35.8 Å². The van der Waals surface area contributed by atoms with Crippen molar-refractivity contribution in [2.75, 3.05) is 37.9 Å². The number of halogens is 3. The Morgan fingerprint density at radius 2 is 1.97 bits per heavy atom. The molecule has 1 aromatic carbocycles. The number of phenolic OH excluding ortho intramolecular Hbond substituents is 1. The number of aromatic nitrogens is 2. The lowest BCUT2D eigenvalue weighted by Crippen LogP contribution is -2.25. The fraction of sp³-hybridized carbons (Fsp3) is 0.381. The summed E-state index contributed by atoms with van der Waals surface area (Å²) in [5.41, 5.74) is -1.03. The van der Waals surface area contributed by atoms with Crippen LogP contribution in [0.25, 0.3) is 0 Å². The van der Waals surface area contributed by atoms with Gasteiger partial charge >= 0.3 is 6.18 Å². The summed E-state index contributed by atoms with van der Waals surface area (Å²) in [6.45, 7) is 4.94. The van der Waals surface area contributed by atoms with Gasteiger partial charge in [0.25, 0.3) is 5.91 Å². The van der Waals surface area contributed by atoms with E-state index in [-0.39, 0.29) is 11.5 Å². The number of aromatic hydroxyl groups is 1. The number of nitrogens with one attached hydrogen (secondary N) is 2. The SMILES string of the molecule is CC(C)C1=CCOC(CNc2nsnc2Nc2ccc(C(F)(F)F)c(C(=O)N(C)C)c2O)=C1. The molecule has 0 aliphatic carbocycles. The summed E-state index contributed by atoms with van der Waals surface area (Å²) in [5, 5.41) is 16.4. The Kier molecular flexibility index (Phi) is 7.15. The lowest BCUT2D eigenvalue weighted by atomic mass is 10.0. The summed E-state index contributed by atoms with van der Waals surface area (Å²) < 4.78 is 54.1. The van der Waals surface area contributed by atoms with Crippen LogP contribution >= 0.6 is 11.7 Å². The fourth-order valence-electron chi connectivity index (χ4n) is 3.09. The van der Waals surface area contributed by atoms with Crippen molar-refractivity contribution >= 4 is 35.0 Å². The first-order valence-corrected chi connectivity index (χ1v) is 10.7. The van der Waals surface area contributed by atoms with Crippen LogP contribution < -0.4 is 10.6 Å². The van der Waals surface area contributed by atoms with Gasteiger partial charge in [0.2, 0.25) is 0 Å². The Hall–Kier alpha value is -3.28. The maximum Gasteiger partial charge on any atom is 0.417 e. The molecule has 0 bridgehead atoms. The van der Waals surface area contributed by atoms with Crippen LogP contribution in [0.15, 0.2) is 35.6 Å². The number of allylic oxidation sites excluding steroid dienone is 2. The van der Waals surface area contributed by atoms with Crippen molar-refractivity contribution in [3.8, 4) is 5.75 Å². The van der Waals surface area contributed by atoms with Gasteiger partial charge in [-0.1, -0.05) is 13.8 Å². The lowest BCUT2D eigenvalue weighted by molar-refractivity contribution is -0.138. The van der Waals surface area contributed by atoms with Gasteiger partial charge < -0.3 is 25.4 Å². The van der Waals surface area contributed by atoms with Gasteiger partial charge in [0, 0.05) is 14.1 Å². The Labute approximate surface area is 193 Å². The van der Waals surface area contributed by atoms with E-state index in [9.17, 15) is 23.1 Å². The number of nitrogens with zero attached hydrogens (tertiary/aromatic N) is 3. The van der Waals surface area contributed by atoms with Crippen LogP contribution in [0.2, 0.25) is 0 Å². The number of carbonyl (C=O) groups excluding carboxylic acids is 1. The summed E-state index contributed by atoms with van der Waals surface area (Å²) >= 11 is 0.873. The fourth-order valence-corrected chi connectivity index (χ4v) is 3.58. The van der Waals surface area contributed by atoms with Gasteiger partial charge in [-0.25, -0.2) is 0 Å². The second-order valence-electron chi connectivity index (χ2n) is 7.80. The smallest absolute Gasteiger partial charge is 0.417 e. The molecule has 3 N–H and O–H groups in total. The highest BCUT2D eigenvalue weighted by Crippen LogP contribution is 2.41. The first kappa shape index (κ1) is 24.4. The van der Waals surface area contributed by atoms with Crippen molar-refractivity contribution in [3.05, 3.63) is 46.7 Å². The third-order valence-corrected chi connectivity index (χ3v) is 5.39. The van der Waals surface area contributed by atoms with E-state index in [0.717, 1.165) is 34.3 Å². The van der Waals surface area contributed by atoms with E-state index in [1.165, 1.54) is 14.1 Å². The van der Waals surface area contributed by atoms with Crippen LogP contribution in [0.1, 0.15) is 29.8 Å². The molecule has 0 atom stereocenters. The molecule has 3 rings (SSSR count). The molecule has 0 radical (unpaired) electrons. The highest BCUT2D eigenvalue weighted by atomic mass is 32.1. The van der Waals surface area contributed by atoms with E-state index in [4.69, 9.17) is 4.74 Å². The van der Waals surface area contributed by atoms with Gasteiger partial charge in [0.1, 0.15) is 12.4 Å². The van der Waals surface area contributed by atoms with Crippen molar-refractivity contribution in [2.45, 2.75) is 20.0 Å². The van der Waals surface area contributed by atoms with Crippen molar-refractivity contribution < 1.29 is 27.8 Å². The second-order valence-corrected chi connectivity index (χ2v) is 8.33. The van der Waals surface area contributed by atoms with Gasteiger partial charge in [-0.3, -0.25) is 4.79 Å². The zero-order chi connectivity index (χ0) is 24.3. The Bertz CT molecular complexity index is 1090. The predicted octanol–water partition coefficient (Wildman–Crippen LogP) is 4.62. The zero-order valence-electron chi connectivity index (χ0n) is 18.4. The molecule has 1 amide bonds. The monoisotopic (exact) mass is 483 g/mol. The average molecular weight is 484 g/mol. The summed E-state index contributed by atoms with van der Waals surface area (Å²) in [6, 6.07) is 1.78.